The minimum Gasteiger partial charge on any atom is -0.342 e. The van der Waals surface area contributed by atoms with E-state index in [1.807, 2.05) is 4.90 Å². The van der Waals surface area contributed by atoms with Crippen molar-refractivity contribution in [1.29, 1.82) is 0 Å². The standard InChI is InChI=1S/C19H25F2N3O2/c1-13(2)11-24-12-19(10-17(24)25)5-7-23(8-6-19)18(26)22-16-9-14(20)3-4-15(16)21/h3-4,9,13H,5-8,10-12H2,1-2H3,(H,22,26). The fourth-order valence-electron chi connectivity index (χ4n) is 3.90. The molecule has 1 aromatic carbocycles. The average Bonchev–Trinajstić information content (AvgIpc) is 2.86. The second-order valence-electron chi connectivity index (χ2n) is 7.89. The van der Waals surface area contributed by atoms with Crippen LogP contribution >= 0.6 is 0 Å². The normalized spacial score (nSPS) is 19.5. The molecule has 2 heterocycles. The van der Waals surface area contributed by atoms with E-state index in [1.54, 1.807) is 4.90 Å². The lowest BCUT2D eigenvalue weighted by Gasteiger charge is -2.38. The number of halogens is 2. The molecule has 0 radical (unpaired) electrons. The number of hydrogen-bond acceptors (Lipinski definition) is 2. The van der Waals surface area contributed by atoms with Gasteiger partial charge in [0, 0.05) is 44.1 Å². The number of amides is 3. The van der Waals surface area contributed by atoms with E-state index in [4.69, 9.17) is 0 Å². The van der Waals surface area contributed by atoms with Crippen LogP contribution in [0.5, 0.6) is 0 Å². The van der Waals surface area contributed by atoms with Gasteiger partial charge in [-0.25, -0.2) is 13.6 Å². The zero-order valence-corrected chi connectivity index (χ0v) is 15.2. The summed E-state index contributed by atoms with van der Waals surface area (Å²) in [6, 6.07) is 2.53. The maximum absolute atomic E-state index is 13.7. The Morgan fingerprint density at radius 2 is 1.96 bits per heavy atom. The van der Waals surface area contributed by atoms with E-state index < -0.39 is 17.7 Å². The number of nitrogens with one attached hydrogen (secondary N) is 1. The van der Waals surface area contributed by atoms with Crippen molar-refractivity contribution in [2.75, 3.05) is 31.5 Å². The lowest BCUT2D eigenvalue weighted by atomic mass is 9.77. The summed E-state index contributed by atoms with van der Waals surface area (Å²) < 4.78 is 26.9. The third kappa shape index (κ3) is 3.97. The van der Waals surface area contributed by atoms with Crippen molar-refractivity contribution >= 4 is 17.6 Å². The molecule has 1 N–H and O–H groups in total. The Morgan fingerprint density at radius 1 is 1.27 bits per heavy atom. The van der Waals surface area contributed by atoms with Gasteiger partial charge in [0.2, 0.25) is 5.91 Å². The van der Waals surface area contributed by atoms with Crippen LogP contribution in [0.1, 0.15) is 33.1 Å². The summed E-state index contributed by atoms with van der Waals surface area (Å²) in [5.74, 6) is -0.646. The number of anilines is 1. The molecule has 2 aliphatic rings. The number of likely N-dealkylation sites (tertiary alicyclic amines) is 2. The first-order valence-corrected chi connectivity index (χ1v) is 9.07. The highest BCUT2D eigenvalue weighted by Gasteiger charge is 2.45. The summed E-state index contributed by atoms with van der Waals surface area (Å²) in [6.07, 6.45) is 2.02. The van der Waals surface area contributed by atoms with Crippen LogP contribution in [0, 0.1) is 23.0 Å². The predicted molar refractivity (Wildman–Crippen MR) is 94.7 cm³/mol. The van der Waals surface area contributed by atoms with Gasteiger partial charge in [-0.05, 0) is 30.9 Å². The lowest BCUT2D eigenvalue weighted by molar-refractivity contribution is -0.128. The van der Waals surface area contributed by atoms with Crippen molar-refractivity contribution in [3.05, 3.63) is 29.8 Å². The smallest absolute Gasteiger partial charge is 0.321 e. The Morgan fingerprint density at radius 3 is 2.62 bits per heavy atom. The maximum Gasteiger partial charge on any atom is 0.321 e. The SMILES string of the molecule is CC(C)CN1CC2(CCN(C(=O)Nc3cc(F)ccc3F)CC2)CC1=O. The number of piperidine rings is 1. The van der Waals surface area contributed by atoms with Gasteiger partial charge in [0.1, 0.15) is 11.6 Å². The third-order valence-electron chi connectivity index (χ3n) is 5.27. The van der Waals surface area contributed by atoms with Crippen LogP contribution in [0.2, 0.25) is 0 Å². The molecule has 2 aliphatic heterocycles. The quantitative estimate of drug-likeness (QED) is 0.892. The summed E-state index contributed by atoms with van der Waals surface area (Å²) in [5.41, 5.74) is -0.221. The molecule has 1 spiro atoms. The predicted octanol–water partition coefficient (Wildman–Crippen LogP) is 3.47. The molecule has 26 heavy (non-hydrogen) atoms. The van der Waals surface area contributed by atoms with Crippen LogP contribution in [0.15, 0.2) is 18.2 Å². The third-order valence-corrected chi connectivity index (χ3v) is 5.27. The van der Waals surface area contributed by atoms with Gasteiger partial charge in [0.25, 0.3) is 0 Å². The van der Waals surface area contributed by atoms with Gasteiger partial charge in [0.15, 0.2) is 0 Å². The van der Waals surface area contributed by atoms with E-state index in [-0.39, 0.29) is 17.0 Å². The van der Waals surface area contributed by atoms with Crippen molar-refractivity contribution in [3.8, 4) is 0 Å². The van der Waals surface area contributed by atoms with Crippen molar-refractivity contribution in [2.45, 2.75) is 33.1 Å². The maximum atomic E-state index is 13.7. The van der Waals surface area contributed by atoms with E-state index in [1.165, 1.54) is 0 Å². The molecule has 3 amide bonds. The molecule has 2 fully saturated rings. The Bertz CT molecular complexity index is 700. The fraction of sp³-hybridized carbons (Fsp3) is 0.579. The van der Waals surface area contributed by atoms with Crippen molar-refractivity contribution < 1.29 is 18.4 Å². The summed E-state index contributed by atoms with van der Waals surface area (Å²) in [5, 5.41) is 2.44. The van der Waals surface area contributed by atoms with Gasteiger partial charge >= 0.3 is 6.03 Å². The molecule has 5 nitrogen and oxygen atoms in total. The summed E-state index contributed by atoms with van der Waals surface area (Å²) >= 11 is 0. The Labute approximate surface area is 152 Å². The highest BCUT2D eigenvalue weighted by atomic mass is 19.1. The van der Waals surface area contributed by atoms with E-state index >= 15 is 0 Å². The minimum atomic E-state index is -0.668. The number of rotatable bonds is 3. The van der Waals surface area contributed by atoms with Crippen LogP contribution in [-0.2, 0) is 4.79 Å². The fourth-order valence-corrected chi connectivity index (χ4v) is 3.90. The Kier molecular flexibility index (Phi) is 5.16. The topological polar surface area (TPSA) is 52.6 Å². The van der Waals surface area contributed by atoms with Gasteiger partial charge in [-0.3, -0.25) is 4.79 Å². The summed E-state index contributed by atoms with van der Waals surface area (Å²) in [4.78, 5) is 28.2. The highest BCUT2D eigenvalue weighted by molar-refractivity contribution is 5.89. The molecule has 7 heteroatoms. The zero-order chi connectivity index (χ0) is 18.9. The van der Waals surface area contributed by atoms with Crippen LogP contribution in [0.25, 0.3) is 0 Å². The molecular formula is C19H25F2N3O2. The number of carbonyl (C=O) groups is 2. The Balaban J connectivity index is 1.57. The minimum absolute atomic E-state index is 0.0626. The lowest BCUT2D eigenvalue weighted by Crippen LogP contribution is -2.46. The van der Waals surface area contributed by atoms with Crippen LogP contribution in [0.3, 0.4) is 0 Å². The molecule has 0 saturated carbocycles. The van der Waals surface area contributed by atoms with Crippen molar-refractivity contribution in [3.63, 3.8) is 0 Å². The molecule has 3 rings (SSSR count). The van der Waals surface area contributed by atoms with E-state index in [9.17, 15) is 18.4 Å². The average molecular weight is 365 g/mol. The van der Waals surface area contributed by atoms with E-state index in [0.29, 0.717) is 25.4 Å². The van der Waals surface area contributed by atoms with Crippen LogP contribution in [-0.4, -0.2) is 47.9 Å². The molecule has 0 unspecified atom stereocenters. The van der Waals surface area contributed by atoms with Gasteiger partial charge < -0.3 is 15.1 Å². The largest absolute Gasteiger partial charge is 0.342 e. The second-order valence-corrected chi connectivity index (χ2v) is 7.89. The molecule has 0 bridgehead atoms. The zero-order valence-electron chi connectivity index (χ0n) is 15.2. The van der Waals surface area contributed by atoms with Crippen molar-refractivity contribution in [1.82, 2.24) is 9.80 Å². The van der Waals surface area contributed by atoms with E-state index in [0.717, 1.165) is 44.1 Å². The number of urea groups is 1. The van der Waals surface area contributed by atoms with Gasteiger partial charge in [-0.15, -0.1) is 0 Å². The first kappa shape index (κ1) is 18.6. The number of hydrogen-bond donors (Lipinski definition) is 1. The number of carbonyl (C=O) groups excluding carboxylic acids is 2. The molecular weight excluding hydrogens is 340 g/mol. The van der Waals surface area contributed by atoms with Gasteiger partial charge in [0.05, 0.1) is 5.69 Å². The molecule has 2 saturated heterocycles. The molecule has 0 aliphatic carbocycles. The number of nitrogens with zero attached hydrogens (tertiary/aromatic N) is 2. The molecule has 142 valence electrons. The molecule has 0 aromatic heterocycles. The molecule has 0 atom stereocenters. The van der Waals surface area contributed by atoms with Crippen LogP contribution < -0.4 is 5.32 Å². The van der Waals surface area contributed by atoms with Crippen LogP contribution in [0.4, 0.5) is 19.3 Å². The highest BCUT2D eigenvalue weighted by Crippen LogP contribution is 2.41. The summed E-state index contributed by atoms with van der Waals surface area (Å²) in [6.45, 7) is 6.71. The summed E-state index contributed by atoms with van der Waals surface area (Å²) in [7, 11) is 0. The van der Waals surface area contributed by atoms with Crippen molar-refractivity contribution in [2.24, 2.45) is 11.3 Å². The molecule has 1 aromatic rings. The first-order valence-electron chi connectivity index (χ1n) is 9.07. The van der Waals surface area contributed by atoms with Gasteiger partial charge in [-0.1, -0.05) is 13.8 Å². The monoisotopic (exact) mass is 365 g/mol. The Hall–Kier alpha value is -2.18. The first-order chi connectivity index (χ1) is 12.3. The van der Waals surface area contributed by atoms with E-state index in [2.05, 4.69) is 19.2 Å². The second kappa shape index (κ2) is 7.21. The van der Waals surface area contributed by atoms with Gasteiger partial charge in [-0.2, -0.15) is 0 Å². The number of benzene rings is 1.